The molecule has 20 heavy (non-hydrogen) atoms. The van der Waals surface area contributed by atoms with Crippen molar-refractivity contribution in [2.75, 3.05) is 0 Å². The number of aryl methyl sites for hydroxylation is 1. The van der Waals surface area contributed by atoms with Crippen LogP contribution in [0.3, 0.4) is 0 Å². The summed E-state index contributed by atoms with van der Waals surface area (Å²) in [7, 11) is 0. The zero-order valence-corrected chi connectivity index (χ0v) is 11.0. The zero-order chi connectivity index (χ0) is 14.9. The minimum Gasteiger partial charge on any atom is -0.457 e. The molecule has 0 bridgehead atoms. The molecule has 0 saturated carbocycles. The molecule has 2 aromatic rings. The van der Waals surface area contributed by atoms with Gasteiger partial charge in [-0.15, -0.1) is 0 Å². The Morgan fingerprint density at radius 2 is 1.70 bits per heavy atom. The van der Waals surface area contributed by atoms with Gasteiger partial charge in [0, 0.05) is 11.6 Å². The number of benzene rings is 2. The Labute approximate surface area is 114 Å². The molecule has 1 N–H and O–H groups in total. The molecule has 2 nitrogen and oxygen atoms in total. The summed E-state index contributed by atoms with van der Waals surface area (Å²) >= 11 is 0. The maximum atomic E-state index is 13.5. The fraction of sp³-hybridized carbons (Fsp3) is 0.200. The highest BCUT2D eigenvalue weighted by molar-refractivity contribution is 5.42. The SMILES string of the molecule is Cc1cc(Oc2ccc(F)c(F)c2)c([C@H](C)O)cc1F. The van der Waals surface area contributed by atoms with Crippen molar-refractivity contribution in [3.05, 3.63) is 58.9 Å². The molecule has 106 valence electrons. The third-order valence-corrected chi connectivity index (χ3v) is 2.86. The van der Waals surface area contributed by atoms with Gasteiger partial charge in [0.05, 0.1) is 6.10 Å². The molecule has 2 aromatic carbocycles. The summed E-state index contributed by atoms with van der Waals surface area (Å²) in [6, 6.07) is 5.64. The quantitative estimate of drug-likeness (QED) is 0.911. The van der Waals surface area contributed by atoms with Gasteiger partial charge in [-0.25, -0.2) is 13.2 Å². The molecule has 0 aromatic heterocycles. The summed E-state index contributed by atoms with van der Waals surface area (Å²) in [6.45, 7) is 3.00. The molecule has 0 unspecified atom stereocenters. The molecular weight excluding hydrogens is 269 g/mol. The van der Waals surface area contributed by atoms with E-state index >= 15 is 0 Å². The lowest BCUT2D eigenvalue weighted by atomic mass is 10.1. The number of aliphatic hydroxyl groups excluding tert-OH is 1. The maximum absolute atomic E-state index is 13.5. The Morgan fingerprint density at radius 1 is 1.00 bits per heavy atom. The van der Waals surface area contributed by atoms with Crippen molar-refractivity contribution in [2.24, 2.45) is 0 Å². The standard InChI is InChI=1S/C15H13F3O2/c1-8-5-15(11(9(2)19)7-13(8)17)20-10-3-4-12(16)14(18)6-10/h3-7,9,19H,1-2H3/t9-/m0/s1. The maximum Gasteiger partial charge on any atom is 0.162 e. The van der Waals surface area contributed by atoms with E-state index in [1.165, 1.54) is 19.1 Å². The second-order valence-electron chi connectivity index (χ2n) is 4.49. The molecule has 0 radical (unpaired) electrons. The van der Waals surface area contributed by atoms with E-state index in [2.05, 4.69) is 0 Å². The topological polar surface area (TPSA) is 29.5 Å². The molecule has 0 amide bonds. The van der Waals surface area contributed by atoms with Crippen molar-refractivity contribution in [3.63, 3.8) is 0 Å². The number of halogens is 3. The summed E-state index contributed by atoms with van der Waals surface area (Å²) in [5, 5.41) is 9.62. The van der Waals surface area contributed by atoms with E-state index in [0.29, 0.717) is 5.56 Å². The van der Waals surface area contributed by atoms with Gasteiger partial charge in [0.15, 0.2) is 11.6 Å². The van der Waals surface area contributed by atoms with E-state index in [1.54, 1.807) is 6.92 Å². The molecule has 0 saturated heterocycles. The van der Waals surface area contributed by atoms with Gasteiger partial charge in [0.1, 0.15) is 17.3 Å². The average Bonchev–Trinajstić information content (AvgIpc) is 2.37. The summed E-state index contributed by atoms with van der Waals surface area (Å²) < 4.78 is 44.9. The fourth-order valence-electron chi connectivity index (χ4n) is 1.75. The first-order valence-corrected chi connectivity index (χ1v) is 5.99. The number of hydrogen-bond acceptors (Lipinski definition) is 2. The van der Waals surface area contributed by atoms with Crippen LogP contribution in [0.2, 0.25) is 0 Å². The van der Waals surface area contributed by atoms with Crippen molar-refractivity contribution in [2.45, 2.75) is 20.0 Å². The van der Waals surface area contributed by atoms with Crippen LogP contribution >= 0.6 is 0 Å². The number of aliphatic hydroxyl groups is 1. The predicted octanol–water partition coefficient (Wildman–Crippen LogP) is 4.26. The first kappa shape index (κ1) is 14.4. The van der Waals surface area contributed by atoms with Gasteiger partial charge in [-0.1, -0.05) is 0 Å². The van der Waals surface area contributed by atoms with E-state index < -0.39 is 23.6 Å². The second-order valence-corrected chi connectivity index (χ2v) is 4.49. The highest BCUT2D eigenvalue weighted by Crippen LogP contribution is 2.32. The van der Waals surface area contributed by atoms with Crippen LogP contribution in [0, 0.1) is 24.4 Å². The van der Waals surface area contributed by atoms with Crippen LogP contribution in [0.5, 0.6) is 11.5 Å². The lowest BCUT2D eigenvalue weighted by molar-refractivity contribution is 0.195. The zero-order valence-electron chi connectivity index (χ0n) is 11.0. The van der Waals surface area contributed by atoms with E-state index in [9.17, 15) is 18.3 Å². The summed E-state index contributed by atoms with van der Waals surface area (Å²) in [5.41, 5.74) is 0.560. The van der Waals surface area contributed by atoms with Gasteiger partial charge in [-0.2, -0.15) is 0 Å². The molecule has 0 heterocycles. The Balaban J connectivity index is 2.41. The van der Waals surface area contributed by atoms with Gasteiger partial charge in [-0.3, -0.25) is 0 Å². The lowest BCUT2D eigenvalue weighted by Gasteiger charge is -2.14. The first-order chi connectivity index (χ1) is 9.38. The third-order valence-electron chi connectivity index (χ3n) is 2.86. The van der Waals surface area contributed by atoms with Crippen LogP contribution in [0.15, 0.2) is 30.3 Å². The van der Waals surface area contributed by atoms with Gasteiger partial charge >= 0.3 is 0 Å². The lowest BCUT2D eigenvalue weighted by Crippen LogP contribution is -1.99. The van der Waals surface area contributed by atoms with Crippen LogP contribution in [-0.4, -0.2) is 5.11 Å². The highest BCUT2D eigenvalue weighted by atomic mass is 19.2. The number of hydrogen-bond donors (Lipinski definition) is 1. The Bertz CT molecular complexity index is 639. The van der Waals surface area contributed by atoms with Crippen molar-refractivity contribution in [1.82, 2.24) is 0 Å². The van der Waals surface area contributed by atoms with E-state index in [0.717, 1.165) is 18.2 Å². The summed E-state index contributed by atoms with van der Waals surface area (Å²) in [4.78, 5) is 0. The summed E-state index contributed by atoms with van der Waals surface area (Å²) in [6.07, 6.45) is -0.953. The minimum absolute atomic E-state index is 0.0665. The number of ether oxygens (including phenoxy) is 1. The van der Waals surface area contributed by atoms with E-state index in [4.69, 9.17) is 4.74 Å². The fourth-order valence-corrected chi connectivity index (χ4v) is 1.75. The van der Waals surface area contributed by atoms with Crippen molar-refractivity contribution < 1.29 is 23.0 Å². The average molecular weight is 282 g/mol. The third kappa shape index (κ3) is 2.93. The molecule has 0 fully saturated rings. The van der Waals surface area contributed by atoms with Crippen molar-refractivity contribution in [1.29, 1.82) is 0 Å². The molecular formula is C15H13F3O2. The van der Waals surface area contributed by atoms with Gasteiger partial charge in [0.2, 0.25) is 0 Å². The molecule has 0 aliphatic carbocycles. The Morgan fingerprint density at radius 3 is 2.30 bits per heavy atom. The number of rotatable bonds is 3. The largest absolute Gasteiger partial charge is 0.457 e. The van der Waals surface area contributed by atoms with Crippen LogP contribution in [0.1, 0.15) is 24.2 Å². The molecule has 0 aliphatic rings. The summed E-state index contributed by atoms with van der Waals surface area (Å²) in [5.74, 6) is -2.23. The van der Waals surface area contributed by atoms with E-state index in [1.807, 2.05) is 0 Å². The smallest absolute Gasteiger partial charge is 0.162 e. The molecule has 2 rings (SSSR count). The monoisotopic (exact) mass is 282 g/mol. The van der Waals surface area contributed by atoms with Crippen LogP contribution in [-0.2, 0) is 0 Å². The van der Waals surface area contributed by atoms with Crippen LogP contribution in [0.25, 0.3) is 0 Å². The normalized spacial score (nSPS) is 12.3. The second kappa shape index (κ2) is 5.54. The van der Waals surface area contributed by atoms with Crippen molar-refractivity contribution >= 4 is 0 Å². The first-order valence-electron chi connectivity index (χ1n) is 5.99. The predicted molar refractivity (Wildman–Crippen MR) is 68.2 cm³/mol. The van der Waals surface area contributed by atoms with Gasteiger partial charge in [-0.05, 0) is 43.7 Å². The highest BCUT2D eigenvalue weighted by Gasteiger charge is 2.14. The molecule has 5 heteroatoms. The van der Waals surface area contributed by atoms with Crippen molar-refractivity contribution in [3.8, 4) is 11.5 Å². The molecule has 1 atom stereocenters. The molecule has 0 aliphatic heterocycles. The minimum atomic E-state index is -1.04. The van der Waals surface area contributed by atoms with E-state index in [-0.39, 0.29) is 17.1 Å². The van der Waals surface area contributed by atoms with Crippen LogP contribution < -0.4 is 4.74 Å². The Kier molecular flexibility index (Phi) is 3.99. The Hall–Kier alpha value is -2.01. The molecule has 0 spiro atoms. The van der Waals surface area contributed by atoms with Gasteiger partial charge < -0.3 is 9.84 Å². The van der Waals surface area contributed by atoms with Crippen LogP contribution in [0.4, 0.5) is 13.2 Å². The van der Waals surface area contributed by atoms with Gasteiger partial charge in [0.25, 0.3) is 0 Å².